The van der Waals surface area contributed by atoms with Crippen molar-refractivity contribution in [3.63, 3.8) is 0 Å². The van der Waals surface area contributed by atoms with Crippen molar-refractivity contribution in [2.45, 2.75) is 0 Å². The lowest BCUT2D eigenvalue weighted by molar-refractivity contribution is -0.385. The van der Waals surface area contributed by atoms with E-state index in [1.54, 1.807) is 18.2 Å². The molecule has 0 saturated heterocycles. The van der Waals surface area contributed by atoms with E-state index >= 15 is 0 Å². The largest absolute Gasteiger partial charge is 0.478 e. The van der Waals surface area contributed by atoms with Crippen molar-refractivity contribution in [3.05, 3.63) is 68.9 Å². The quantitative estimate of drug-likeness (QED) is 0.380. The molecule has 0 atom stereocenters. The van der Waals surface area contributed by atoms with Gasteiger partial charge in [0, 0.05) is 5.69 Å². The summed E-state index contributed by atoms with van der Waals surface area (Å²) in [5.41, 5.74) is 0.436. The minimum absolute atomic E-state index is 0.166. The number of halogens is 1. The molecule has 8 nitrogen and oxygen atoms in total. The molecule has 0 fully saturated rings. The second kappa shape index (κ2) is 6.09. The number of nitrogens with one attached hydrogen (secondary N) is 1. The van der Waals surface area contributed by atoms with Crippen LogP contribution in [0.2, 0.25) is 5.28 Å². The maximum Gasteiger partial charge on any atom is 0.340 e. The molecule has 2 N–H and O–H groups in total. The number of nitrogens with zero attached hydrogens (tertiary/aromatic N) is 3. The van der Waals surface area contributed by atoms with E-state index in [-0.39, 0.29) is 22.2 Å². The van der Waals surface area contributed by atoms with E-state index in [0.29, 0.717) is 5.69 Å². The Hall–Kier alpha value is -3.26. The number of aromatic nitrogens is 2. The smallest absolute Gasteiger partial charge is 0.340 e. The highest BCUT2D eigenvalue weighted by Crippen LogP contribution is 2.32. The summed E-state index contributed by atoms with van der Waals surface area (Å²) in [5, 5.41) is 23.4. The predicted molar refractivity (Wildman–Crippen MR) is 87.4 cm³/mol. The molecular weight excluding hydrogens is 336 g/mol. The molecule has 1 aromatic heterocycles. The zero-order valence-electron chi connectivity index (χ0n) is 11.9. The lowest BCUT2D eigenvalue weighted by Gasteiger charge is -2.17. The fourth-order valence-corrected chi connectivity index (χ4v) is 2.41. The van der Waals surface area contributed by atoms with Gasteiger partial charge in [-0.2, -0.15) is 0 Å². The van der Waals surface area contributed by atoms with Crippen molar-refractivity contribution in [3.8, 4) is 0 Å². The van der Waals surface area contributed by atoms with E-state index in [0.717, 1.165) is 11.8 Å². The van der Waals surface area contributed by atoms with Gasteiger partial charge in [0.25, 0.3) is 0 Å². The zero-order valence-corrected chi connectivity index (χ0v) is 12.7. The third-order valence-corrected chi connectivity index (χ3v) is 3.50. The Labute approximate surface area is 140 Å². The molecule has 1 aliphatic heterocycles. The van der Waals surface area contributed by atoms with Crippen molar-refractivity contribution >= 4 is 40.6 Å². The Morgan fingerprint density at radius 2 is 2.04 bits per heavy atom. The van der Waals surface area contributed by atoms with Gasteiger partial charge in [0.15, 0.2) is 5.69 Å². The van der Waals surface area contributed by atoms with Crippen LogP contribution in [0.4, 0.5) is 11.4 Å². The molecule has 0 bridgehead atoms. The Morgan fingerprint density at radius 1 is 1.29 bits per heavy atom. The van der Waals surface area contributed by atoms with Gasteiger partial charge in [0.05, 0.1) is 10.6 Å². The highest BCUT2D eigenvalue weighted by molar-refractivity contribution is 6.28. The van der Waals surface area contributed by atoms with Gasteiger partial charge in [0.2, 0.25) is 5.28 Å². The van der Waals surface area contributed by atoms with Crippen LogP contribution in [-0.2, 0) is 4.79 Å². The average molecular weight is 345 g/mol. The van der Waals surface area contributed by atoms with Crippen LogP contribution in [0.1, 0.15) is 11.3 Å². The van der Waals surface area contributed by atoms with Crippen LogP contribution in [0.3, 0.4) is 0 Å². The monoisotopic (exact) mass is 344 g/mol. The lowest BCUT2D eigenvalue weighted by Crippen LogP contribution is -2.14. The molecule has 0 saturated carbocycles. The van der Waals surface area contributed by atoms with E-state index in [1.165, 1.54) is 6.08 Å². The number of anilines is 1. The second-order valence-corrected chi connectivity index (χ2v) is 5.11. The van der Waals surface area contributed by atoms with Crippen molar-refractivity contribution in [1.82, 2.24) is 9.97 Å². The van der Waals surface area contributed by atoms with E-state index in [1.807, 2.05) is 12.1 Å². The maximum atomic E-state index is 11.7. The summed E-state index contributed by atoms with van der Waals surface area (Å²) >= 11 is 5.69. The molecule has 0 amide bonds. The average Bonchev–Trinajstić information content (AvgIpc) is 2.54. The summed E-state index contributed by atoms with van der Waals surface area (Å²) in [6.07, 6.45) is 4.11. The molecule has 0 spiro atoms. The number of allylic oxidation sites excluding steroid dienone is 1. The second-order valence-electron chi connectivity index (χ2n) is 4.77. The summed E-state index contributed by atoms with van der Waals surface area (Å²) in [4.78, 5) is 29.4. The van der Waals surface area contributed by atoms with Gasteiger partial charge in [0.1, 0.15) is 11.8 Å². The molecule has 9 heteroatoms. The van der Waals surface area contributed by atoms with E-state index in [9.17, 15) is 20.0 Å². The maximum absolute atomic E-state index is 11.7. The minimum Gasteiger partial charge on any atom is -0.478 e. The first-order valence-electron chi connectivity index (χ1n) is 6.66. The number of carbonyl (C=O) groups is 1. The fraction of sp³-hybridized carbons (Fsp3) is 0. The normalized spacial score (nSPS) is 14.5. The number of fused-ring (bicyclic) bond motifs is 1. The molecular formula is C15H9ClN4O4. The summed E-state index contributed by atoms with van der Waals surface area (Å²) in [5.74, 6) is -1.38. The summed E-state index contributed by atoms with van der Waals surface area (Å²) in [6, 6.07) is 7.24. The van der Waals surface area contributed by atoms with Crippen molar-refractivity contribution < 1.29 is 14.8 Å². The highest BCUT2D eigenvalue weighted by atomic mass is 35.5. The van der Waals surface area contributed by atoms with E-state index in [4.69, 9.17) is 11.6 Å². The van der Waals surface area contributed by atoms with Gasteiger partial charge >= 0.3 is 11.7 Å². The van der Waals surface area contributed by atoms with Gasteiger partial charge in [-0.25, -0.2) is 14.8 Å². The minimum atomic E-state index is -1.38. The van der Waals surface area contributed by atoms with Gasteiger partial charge in [-0.1, -0.05) is 24.3 Å². The number of carboxylic acids is 1. The van der Waals surface area contributed by atoms with Crippen LogP contribution in [0, 0.1) is 10.1 Å². The first-order valence-corrected chi connectivity index (χ1v) is 7.04. The Morgan fingerprint density at radius 3 is 2.75 bits per heavy atom. The number of para-hydroxylation sites is 1. The van der Waals surface area contributed by atoms with E-state index in [2.05, 4.69) is 15.3 Å². The molecule has 1 aromatic carbocycles. The number of rotatable bonds is 3. The first-order chi connectivity index (χ1) is 11.5. The third-order valence-electron chi connectivity index (χ3n) is 3.32. The van der Waals surface area contributed by atoms with Crippen molar-refractivity contribution in [1.29, 1.82) is 0 Å². The van der Waals surface area contributed by atoms with Crippen molar-refractivity contribution in [2.75, 3.05) is 5.32 Å². The number of hydrogen-bond donors (Lipinski definition) is 2. The number of hydrogen-bond acceptors (Lipinski definition) is 6. The van der Waals surface area contributed by atoms with Crippen molar-refractivity contribution in [2.24, 2.45) is 0 Å². The van der Waals surface area contributed by atoms with Crippen LogP contribution >= 0.6 is 11.6 Å². The standard InChI is InChI=1S/C15H9ClN4O4/c16-15-17-7-11(20(23)24)13(19-15)12(14(21)22)10-6-5-8-3-1-2-4-9(8)18-10/h1-7,18H,(H,21,22). The topological polar surface area (TPSA) is 118 Å². The molecule has 2 aromatic rings. The first kappa shape index (κ1) is 15.6. The number of aliphatic carboxylic acids is 1. The molecule has 0 aliphatic carbocycles. The highest BCUT2D eigenvalue weighted by Gasteiger charge is 2.28. The van der Waals surface area contributed by atoms with Gasteiger partial charge in [-0.3, -0.25) is 10.1 Å². The number of benzene rings is 1. The molecule has 24 heavy (non-hydrogen) atoms. The summed E-state index contributed by atoms with van der Waals surface area (Å²) in [6.45, 7) is 0. The summed E-state index contributed by atoms with van der Waals surface area (Å²) < 4.78 is 0. The lowest BCUT2D eigenvalue weighted by atomic mass is 10.0. The van der Waals surface area contributed by atoms with Crippen LogP contribution in [0.25, 0.3) is 11.6 Å². The van der Waals surface area contributed by atoms with Crippen LogP contribution in [-0.4, -0.2) is 26.0 Å². The molecule has 120 valence electrons. The molecule has 2 heterocycles. The van der Waals surface area contributed by atoms with Crippen LogP contribution < -0.4 is 5.32 Å². The molecule has 0 unspecified atom stereocenters. The molecule has 1 aliphatic rings. The van der Waals surface area contributed by atoms with Crippen LogP contribution in [0.5, 0.6) is 0 Å². The van der Waals surface area contributed by atoms with E-state index < -0.39 is 16.6 Å². The summed E-state index contributed by atoms with van der Waals surface area (Å²) in [7, 11) is 0. The predicted octanol–water partition coefficient (Wildman–Crippen LogP) is 2.97. The van der Waals surface area contributed by atoms with Gasteiger partial charge < -0.3 is 10.4 Å². The Bertz CT molecular complexity index is 923. The zero-order chi connectivity index (χ0) is 17.3. The van der Waals surface area contributed by atoms with Gasteiger partial charge in [-0.05, 0) is 29.3 Å². The van der Waals surface area contributed by atoms with Gasteiger partial charge in [-0.15, -0.1) is 0 Å². The van der Waals surface area contributed by atoms with Crippen LogP contribution in [0.15, 0.2) is 42.2 Å². The third kappa shape index (κ3) is 2.82. The molecule has 0 radical (unpaired) electrons. The Balaban J connectivity index is 2.22. The number of nitro groups is 1. The number of carboxylic acid groups (broad SMARTS) is 1. The SMILES string of the molecule is O=C(O)C(=C1C=Cc2ccccc2N1)c1nc(Cl)ncc1[N+](=O)[O-]. The Kier molecular flexibility index (Phi) is 3.97. The molecule has 3 rings (SSSR count). The fourth-order valence-electron chi connectivity index (χ4n) is 2.28.